The van der Waals surface area contributed by atoms with Crippen LogP contribution in [0.5, 0.6) is 5.75 Å². The Morgan fingerprint density at radius 3 is 2.04 bits per heavy atom. The van der Waals surface area contributed by atoms with E-state index < -0.39 is 41.9 Å². The van der Waals surface area contributed by atoms with E-state index in [-0.39, 0.29) is 25.4 Å². The van der Waals surface area contributed by atoms with Gasteiger partial charge in [-0.3, -0.25) is 0 Å². The zero-order chi connectivity index (χ0) is 18.0. The number of benzene rings is 1. The monoisotopic (exact) mass is 360 g/mol. The number of halogens is 6. The Kier molecular flexibility index (Phi) is 5.61. The van der Waals surface area contributed by atoms with Crippen LogP contribution < -0.4 is 4.74 Å². The highest BCUT2D eigenvalue weighted by Crippen LogP contribution is 2.38. The Morgan fingerprint density at radius 2 is 1.58 bits per heavy atom. The zero-order valence-electron chi connectivity index (χ0n) is 12.2. The molecule has 1 saturated heterocycles. The maximum atomic E-state index is 12.7. The molecule has 1 N–H and O–H groups in total. The highest BCUT2D eigenvalue weighted by atomic mass is 19.4. The van der Waals surface area contributed by atoms with Gasteiger partial charge in [0, 0.05) is 0 Å². The smallest absolute Gasteiger partial charge is 0.416 e. The molecule has 1 aromatic rings. The highest BCUT2D eigenvalue weighted by molar-refractivity contribution is 5.37. The van der Waals surface area contributed by atoms with Crippen LogP contribution in [0.3, 0.4) is 0 Å². The van der Waals surface area contributed by atoms with Crippen molar-refractivity contribution in [1.29, 1.82) is 0 Å². The summed E-state index contributed by atoms with van der Waals surface area (Å²) in [5.74, 6) is -0.637. The van der Waals surface area contributed by atoms with Crippen LogP contribution in [0, 0.1) is 0 Å². The van der Waals surface area contributed by atoms with Crippen molar-refractivity contribution in [2.75, 3.05) is 26.4 Å². The first-order chi connectivity index (χ1) is 11.1. The van der Waals surface area contributed by atoms with Crippen molar-refractivity contribution < 1.29 is 45.7 Å². The van der Waals surface area contributed by atoms with Crippen molar-refractivity contribution in [3.8, 4) is 5.75 Å². The van der Waals surface area contributed by atoms with E-state index in [1.165, 1.54) is 0 Å². The Hall–Kier alpha value is -1.52. The fourth-order valence-electron chi connectivity index (χ4n) is 1.75. The lowest BCUT2D eigenvalue weighted by molar-refractivity contribution is -0.143. The number of epoxide rings is 1. The second kappa shape index (κ2) is 7.16. The minimum Gasteiger partial charge on any atom is -0.491 e. The number of hydrogen-bond acceptors (Lipinski definition) is 4. The molecule has 0 spiro atoms. The van der Waals surface area contributed by atoms with E-state index in [0.717, 1.165) is 0 Å². The Bertz CT molecular complexity index is 521. The van der Waals surface area contributed by atoms with Gasteiger partial charge in [0.15, 0.2) is 0 Å². The quantitative estimate of drug-likeness (QED) is 0.600. The summed E-state index contributed by atoms with van der Waals surface area (Å²) in [4.78, 5) is 0. The molecule has 2 unspecified atom stereocenters. The standard InChI is InChI=1S/C14H14F6O4/c15-13(16,17)8-1-9(14(18,19)20)3-11(2-8)23-5-10(21)4-22-6-12-7-24-12/h1-3,10,12,21H,4-7H2. The summed E-state index contributed by atoms with van der Waals surface area (Å²) in [6.45, 7) is 0.116. The van der Waals surface area contributed by atoms with E-state index in [9.17, 15) is 31.4 Å². The molecule has 0 saturated carbocycles. The van der Waals surface area contributed by atoms with Crippen LogP contribution in [0.15, 0.2) is 18.2 Å². The first kappa shape index (κ1) is 18.8. The average molecular weight is 360 g/mol. The largest absolute Gasteiger partial charge is 0.491 e. The molecule has 1 aliphatic rings. The minimum atomic E-state index is -4.95. The molecule has 1 aliphatic heterocycles. The summed E-state index contributed by atoms with van der Waals surface area (Å²) >= 11 is 0. The molecule has 2 rings (SSSR count). The predicted molar refractivity (Wildman–Crippen MR) is 68.5 cm³/mol. The van der Waals surface area contributed by atoms with E-state index in [2.05, 4.69) is 0 Å². The van der Waals surface area contributed by atoms with Crippen LogP contribution in [-0.2, 0) is 21.8 Å². The van der Waals surface area contributed by atoms with Gasteiger partial charge >= 0.3 is 12.4 Å². The second-order valence-corrected chi connectivity index (χ2v) is 5.20. The molecule has 4 nitrogen and oxygen atoms in total. The lowest BCUT2D eigenvalue weighted by Crippen LogP contribution is -2.24. The molecule has 10 heteroatoms. The van der Waals surface area contributed by atoms with Crippen molar-refractivity contribution in [1.82, 2.24) is 0 Å². The summed E-state index contributed by atoms with van der Waals surface area (Å²) in [6.07, 6.45) is -11.1. The molecule has 1 aromatic carbocycles. The number of aliphatic hydroxyl groups is 1. The first-order valence-electron chi connectivity index (χ1n) is 6.85. The molecule has 0 radical (unpaired) electrons. The molecule has 0 aliphatic carbocycles. The molecule has 0 aromatic heterocycles. The molecule has 1 heterocycles. The first-order valence-corrected chi connectivity index (χ1v) is 6.85. The summed E-state index contributed by atoms with van der Waals surface area (Å²) in [5, 5.41) is 9.57. The van der Waals surface area contributed by atoms with Gasteiger partial charge in [0.05, 0.1) is 30.9 Å². The summed E-state index contributed by atoms with van der Waals surface area (Å²) < 4.78 is 90.8. The van der Waals surface area contributed by atoms with Gasteiger partial charge in [0.1, 0.15) is 24.6 Å². The molecule has 24 heavy (non-hydrogen) atoms. The lowest BCUT2D eigenvalue weighted by Gasteiger charge is -2.16. The predicted octanol–water partition coefficient (Wildman–Crippen LogP) is 2.88. The second-order valence-electron chi connectivity index (χ2n) is 5.20. The maximum absolute atomic E-state index is 12.7. The van der Waals surface area contributed by atoms with E-state index in [4.69, 9.17) is 14.2 Å². The van der Waals surface area contributed by atoms with Crippen LogP contribution >= 0.6 is 0 Å². The van der Waals surface area contributed by atoms with Crippen LogP contribution in [-0.4, -0.2) is 43.7 Å². The maximum Gasteiger partial charge on any atom is 0.416 e. The van der Waals surface area contributed by atoms with Crippen LogP contribution in [0.1, 0.15) is 11.1 Å². The van der Waals surface area contributed by atoms with E-state index in [1.807, 2.05) is 0 Å². The SMILES string of the molecule is OC(COCC1CO1)COc1cc(C(F)(F)F)cc(C(F)(F)F)c1. The summed E-state index contributed by atoms with van der Waals surface area (Å²) in [5.41, 5.74) is -2.96. The fourth-order valence-corrected chi connectivity index (χ4v) is 1.75. The number of hydrogen-bond donors (Lipinski definition) is 1. The summed E-state index contributed by atoms with van der Waals surface area (Å²) in [6, 6.07) is 0.893. The lowest BCUT2D eigenvalue weighted by atomic mass is 10.1. The third-order valence-corrected chi connectivity index (χ3v) is 3.02. The third kappa shape index (κ3) is 5.84. The number of aliphatic hydroxyl groups excluding tert-OH is 1. The van der Waals surface area contributed by atoms with Gasteiger partial charge in [-0.1, -0.05) is 0 Å². The van der Waals surface area contributed by atoms with Crippen LogP contribution in [0.2, 0.25) is 0 Å². The van der Waals surface area contributed by atoms with Crippen LogP contribution in [0.4, 0.5) is 26.3 Å². The van der Waals surface area contributed by atoms with Crippen molar-refractivity contribution in [3.63, 3.8) is 0 Å². The van der Waals surface area contributed by atoms with E-state index in [1.54, 1.807) is 0 Å². The van der Waals surface area contributed by atoms with Gasteiger partial charge < -0.3 is 19.3 Å². The molecule has 2 atom stereocenters. The number of ether oxygens (including phenoxy) is 3. The van der Waals surface area contributed by atoms with Gasteiger partial charge in [0.2, 0.25) is 0 Å². The van der Waals surface area contributed by atoms with E-state index in [0.29, 0.717) is 18.7 Å². The van der Waals surface area contributed by atoms with Crippen LogP contribution in [0.25, 0.3) is 0 Å². The number of alkyl halides is 6. The third-order valence-electron chi connectivity index (χ3n) is 3.02. The van der Waals surface area contributed by atoms with Gasteiger partial charge in [-0.25, -0.2) is 0 Å². The average Bonchev–Trinajstić information content (AvgIpc) is 3.27. The van der Waals surface area contributed by atoms with E-state index >= 15 is 0 Å². The van der Waals surface area contributed by atoms with Crippen molar-refractivity contribution in [2.24, 2.45) is 0 Å². The Morgan fingerprint density at radius 1 is 1.04 bits per heavy atom. The van der Waals surface area contributed by atoms with Gasteiger partial charge in [-0.05, 0) is 18.2 Å². The highest BCUT2D eigenvalue weighted by Gasteiger charge is 2.37. The topological polar surface area (TPSA) is 51.2 Å². The van der Waals surface area contributed by atoms with Gasteiger partial charge in [-0.15, -0.1) is 0 Å². The summed E-state index contributed by atoms with van der Waals surface area (Å²) in [7, 11) is 0. The molecule has 0 bridgehead atoms. The molecule has 136 valence electrons. The van der Waals surface area contributed by atoms with Crippen molar-refractivity contribution >= 4 is 0 Å². The number of rotatable bonds is 7. The van der Waals surface area contributed by atoms with Crippen molar-refractivity contribution in [3.05, 3.63) is 29.3 Å². The molecular weight excluding hydrogens is 346 g/mol. The van der Waals surface area contributed by atoms with Gasteiger partial charge in [0.25, 0.3) is 0 Å². The Labute approximate surface area is 132 Å². The molecule has 1 fully saturated rings. The molecule has 0 amide bonds. The zero-order valence-corrected chi connectivity index (χ0v) is 12.2. The van der Waals surface area contributed by atoms with Crippen molar-refractivity contribution in [2.45, 2.75) is 24.6 Å². The van der Waals surface area contributed by atoms with Gasteiger partial charge in [-0.2, -0.15) is 26.3 Å². The normalized spacial score (nSPS) is 19.2. The minimum absolute atomic E-state index is 0.00202. The fraction of sp³-hybridized carbons (Fsp3) is 0.571. The molecular formula is C14H14F6O4. The Balaban J connectivity index is 1.99.